The lowest BCUT2D eigenvalue weighted by Gasteiger charge is -1.98. The summed E-state index contributed by atoms with van der Waals surface area (Å²) in [6.45, 7) is 0.425. The average Bonchev–Trinajstić information content (AvgIpc) is 2.41. The third-order valence-corrected chi connectivity index (χ3v) is 3.70. The zero-order chi connectivity index (χ0) is 14.6. The highest BCUT2D eigenvalue weighted by Gasteiger charge is 2.06. The van der Waals surface area contributed by atoms with E-state index >= 15 is 0 Å². The average molecular weight is 310 g/mol. The maximum atomic E-state index is 11.1. The summed E-state index contributed by atoms with van der Waals surface area (Å²) in [5, 5.41) is 13.7. The Hall–Kier alpha value is -1.76. The molecule has 7 heteroatoms. The number of nitrogens with zero attached hydrogens (tertiary/aromatic N) is 2. The maximum Gasteiger partial charge on any atom is 0.238 e. The largest absolute Gasteiger partial charge is 0.238 e. The second-order valence-corrected chi connectivity index (χ2v) is 6.06. The van der Waals surface area contributed by atoms with Crippen molar-refractivity contribution in [2.75, 3.05) is 0 Å². The van der Waals surface area contributed by atoms with Gasteiger partial charge in [0.25, 0.3) is 0 Å². The van der Waals surface area contributed by atoms with Gasteiger partial charge in [-0.1, -0.05) is 23.7 Å². The van der Waals surface area contributed by atoms with Gasteiger partial charge in [0.05, 0.1) is 17.1 Å². The third kappa shape index (κ3) is 4.12. The topological polar surface area (TPSA) is 84.9 Å². The first-order valence-corrected chi connectivity index (χ1v) is 7.62. The third-order valence-electron chi connectivity index (χ3n) is 2.52. The standard InChI is InChI=1S/C13H12ClN3O2S/c14-11-3-1-10(2-4-11)9-16-17-12-5-7-13(8-6-12)20(15,18)19/h1-8H,9H2,(H2,15,18,19). The van der Waals surface area contributed by atoms with Gasteiger partial charge in [0, 0.05) is 5.02 Å². The van der Waals surface area contributed by atoms with Crippen LogP contribution in [0.2, 0.25) is 5.02 Å². The molecule has 2 aromatic carbocycles. The molecule has 2 rings (SSSR count). The van der Waals surface area contributed by atoms with Gasteiger partial charge >= 0.3 is 0 Å². The fourth-order valence-corrected chi connectivity index (χ4v) is 2.13. The molecule has 104 valence electrons. The van der Waals surface area contributed by atoms with Crippen LogP contribution in [0.1, 0.15) is 5.56 Å². The lowest BCUT2D eigenvalue weighted by Crippen LogP contribution is -2.11. The minimum Gasteiger partial charge on any atom is -0.225 e. The molecule has 0 aliphatic heterocycles. The van der Waals surface area contributed by atoms with Crippen LogP contribution in [0.4, 0.5) is 5.69 Å². The first-order valence-electron chi connectivity index (χ1n) is 5.70. The van der Waals surface area contributed by atoms with Crippen molar-refractivity contribution in [3.8, 4) is 0 Å². The van der Waals surface area contributed by atoms with E-state index in [1.807, 2.05) is 12.1 Å². The molecule has 5 nitrogen and oxygen atoms in total. The molecule has 20 heavy (non-hydrogen) atoms. The number of nitrogens with two attached hydrogens (primary N) is 1. The number of benzene rings is 2. The number of azo groups is 1. The zero-order valence-corrected chi connectivity index (χ0v) is 12.0. The number of sulfonamides is 1. The normalized spacial score (nSPS) is 11.9. The second kappa shape index (κ2) is 6.13. The Morgan fingerprint density at radius 1 is 1.00 bits per heavy atom. The second-order valence-electron chi connectivity index (χ2n) is 4.06. The van der Waals surface area contributed by atoms with E-state index in [0.29, 0.717) is 17.3 Å². The Bertz CT molecular complexity index is 710. The molecule has 2 N–H and O–H groups in total. The van der Waals surface area contributed by atoms with Crippen LogP contribution in [0.5, 0.6) is 0 Å². The van der Waals surface area contributed by atoms with Crippen molar-refractivity contribution < 1.29 is 8.42 Å². The summed E-state index contributed by atoms with van der Waals surface area (Å²) in [7, 11) is -3.67. The highest BCUT2D eigenvalue weighted by molar-refractivity contribution is 7.89. The lowest BCUT2D eigenvalue weighted by atomic mass is 10.2. The summed E-state index contributed by atoms with van der Waals surface area (Å²) in [6, 6.07) is 13.2. The van der Waals surface area contributed by atoms with Crippen molar-refractivity contribution >= 4 is 27.3 Å². The van der Waals surface area contributed by atoms with Gasteiger partial charge in [0.2, 0.25) is 10.0 Å². The molecule has 2 aromatic rings. The molecule has 0 unspecified atom stereocenters. The van der Waals surface area contributed by atoms with Gasteiger partial charge in [-0.3, -0.25) is 0 Å². The zero-order valence-electron chi connectivity index (χ0n) is 10.4. The maximum absolute atomic E-state index is 11.1. The Morgan fingerprint density at radius 3 is 2.15 bits per heavy atom. The van der Waals surface area contributed by atoms with Crippen LogP contribution in [0, 0.1) is 0 Å². The summed E-state index contributed by atoms with van der Waals surface area (Å²) < 4.78 is 22.2. The molecule has 0 bridgehead atoms. The molecule has 0 heterocycles. The first-order chi connectivity index (χ1) is 9.45. The van der Waals surface area contributed by atoms with Gasteiger partial charge in [-0.2, -0.15) is 10.2 Å². The van der Waals surface area contributed by atoms with E-state index in [9.17, 15) is 8.42 Å². The summed E-state index contributed by atoms with van der Waals surface area (Å²) >= 11 is 5.78. The van der Waals surface area contributed by atoms with Crippen LogP contribution in [0.15, 0.2) is 63.7 Å². The number of hydrogen-bond donors (Lipinski definition) is 1. The van der Waals surface area contributed by atoms with Crippen molar-refractivity contribution in [3.05, 3.63) is 59.1 Å². The molecule has 0 saturated heterocycles. The van der Waals surface area contributed by atoms with Crippen LogP contribution in [0.25, 0.3) is 0 Å². The summed E-state index contributed by atoms with van der Waals surface area (Å²) in [5.74, 6) is 0. The van der Waals surface area contributed by atoms with E-state index in [1.54, 1.807) is 24.3 Å². The Morgan fingerprint density at radius 2 is 1.60 bits per heavy atom. The Kier molecular flexibility index (Phi) is 4.49. The van der Waals surface area contributed by atoms with Crippen LogP contribution in [-0.4, -0.2) is 8.42 Å². The molecule has 0 aromatic heterocycles. The van der Waals surface area contributed by atoms with Gasteiger partial charge in [0.15, 0.2) is 0 Å². The predicted molar refractivity (Wildman–Crippen MR) is 77.5 cm³/mol. The van der Waals surface area contributed by atoms with Crippen LogP contribution < -0.4 is 5.14 Å². The first kappa shape index (κ1) is 14.6. The molecular formula is C13H12ClN3O2S. The fraction of sp³-hybridized carbons (Fsp3) is 0.0769. The molecular weight excluding hydrogens is 298 g/mol. The fourth-order valence-electron chi connectivity index (χ4n) is 1.49. The highest BCUT2D eigenvalue weighted by atomic mass is 35.5. The molecule has 0 atom stereocenters. The minimum atomic E-state index is -3.67. The molecule has 0 saturated carbocycles. The van der Waals surface area contributed by atoms with E-state index in [-0.39, 0.29) is 4.90 Å². The molecule has 0 amide bonds. The van der Waals surface area contributed by atoms with Gasteiger partial charge in [-0.05, 0) is 42.0 Å². The summed E-state index contributed by atoms with van der Waals surface area (Å²) in [6.07, 6.45) is 0. The number of primary sulfonamides is 1. The van der Waals surface area contributed by atoms with Crippen molar-refractivity contribution in [3.63, 3.8) is 0 Å². The van der Waals surface area contributed by atoms with Crippen molar-refractivity contribution in [1.29, 1.82) is 0 Å². The van der Waals surface area contributed by atoms with Crippen molar-refractivity contribution in [2.45, 2.75) is 11.4 Å². The Labute approximate surface area is 122 Å². The number of halogens is 1. The molecule has 0 aliphatic carbocycles. The van der Waals surface area contributed by atoms with E-state index < -0.39 is 10.0 Å². The van der Waals surface area contributed by atoms with E-state index in [4.69, 9.17) is 16.7 Å². The van der Waals surface area contributed by atoms with Gasteiger partial charge in [-0.15, -0.1) is 0 Å². The predicted octanol–water partition coefficient (Wildman–Crippen LogP) is 3.27. The van der Waals surface area contributed by atoms with Crippen LogP contribution in [-0.2, 0) is 16.6 Å². The van der Waals surface area contributed by atoms with E-state index in [0.717, 1.165) is 5.56 Å². The van der Waals surface area contributed by atoms with Gasteiger partial charge in [-0.25, -0.2) is 13.6 Å². The smallest absolute Gasteiger partial charge is 0.225 e. The molecule has 0 aliphatic rings. The summed E-state index contributed by atoms with van der Waals surface area (Å²) in [4.78, 5) is 0.0501. The van der Waals surface area contributed by atoms with Crippen molar-refractivity contribution in [1.82, 2.24) is 0 Å². The minimum absolute atomic E-state index is 0.0501. The SMILES string of the molecule is NS(=O)(=O)c1ccc(N=NCc2ccc(Cl)cc2)cc1. The van der Waals surface area contributed by atoms with Crippen LogP contribution in [0.3, 0.4) is 0 Å². The molecule has 0 fully saturated rings. The number of rotatable bonds is 4. The quantitative estimate of drug-likeness (QED) is 0.879. The van der Waals surface area contributed by atoms with E-state index in [1.165, 1.54) is 12.1 Å². The highest BCUT2D eigenvalue weighted by Crippen LogP contribution is 2.17. The van der Waals surface area contributed by atoms with Crippen molar-refractivity contribution in [2.24, 2.45) is 15.4 Å². The lowest BCUT2D eigenvalue weighted by molar-refractivity contribution is 0.598. The van der Waals surface area contributed by atoms with Crippen LogP contribution >= 0.6 is 11.6 Å². The molecule has 0 spiro atoms. The van der Waals surface area contributed by atoms with Gasteiger partial charge < -0.3 is 0 Å². The summed E-state index contributed by atoms with van der Waals surface area (Å²) in [5.41, 5.74) is 1.55. The Balaban J connectivity index is 2.03. The monoisotopic (exact) mass is 309 g/mol. The number of hydrogen-bond acceptors (Lipinski definition) is 4. The molecule has 0 radical (unpaired) electrons. The van der Waals surface area contributed by atoms with E-state index in [2.05, 4.69) is 10.2 Å². The van der Waals surface area contributed by atoms with Gasteiger partial charge in [0.1, 0.15) is 0 Å².